The Hall–Kier alpha value is -8.15. The SMILES string of the molecule is CC[C@H]1O[C@@H](n2cc(C)c(=O)[nH]c2=O)CC1OC(=O)OC(CN(Cc1ccccc1)CC1CCCCN1)c1ccccc1.CC[C@H]1O[C@@H](n2cc(C)c(=O)[nH]c2=O)CC1OC(=O)OC(CN(Cc1ccccc1)CC1CCCCN1C(=O)OC(C)(C)C)c1ccccc1. The molecule has 2 aromatic heterocycles. The molecule has 0 aliphatic carbocycles. The number of benzene rings is 4. The van der Waals surface area contributed by atoms with Crippen LogP contribution in [0.15, 0.2) is 153 Å². The lowest BCUT2D eigenvalue weighted by Gasteiger charge is -2.40. The van der Waals surface area contributed by atoms with Crippen molar-refractivity contribution < 1.29 is 47.5 Å². The molecule has 0 spiro atoms. The van der Waals surface area contributed by atoms with Gasteiger partial charge in [-0.05, 0) is 108 Å². The average Bonchev–Trinajstić information content (AvgIpc) is 1.76. The van der Waals surface area contributed by atoms with Crippen LogP contribution < -0.4 is 27.8 Å². The van der Waals surface area contributed by atoms with E-state index in [9.17, 15) is 33.6 Å². The van der Waals surface area contributed by atoms with Crippen LogP contribution in [0.4, 0.5) is 14.4 Å². The monoisotopic (exact) mass is 1280 g/mol. The number of nitrogens with zero attached hydrogens (tertiary/aromatic N) is 5. The second kappa shape index (κ2) is 33.1. The van der Waals surface area contributed by atoms with Gasteiger partial charge < -0.3 is 43.4 Å². The topological polar surface area (TPSA) is 247 Å². The Morgan fingerprint density at radius 2 is 1.03 bits per heavy atom. The molecule has 22 heteroatoms. The molecular weight excluding hydrogens is 1190 g/mol. The molecule has 4 saturated heterocycles. The zero-order valence-corrected chi connectivity index (χ0v) is 54.7. The maximum absolute atomic E-state index is 13.6. The lowest BCUT2D eigenvalue weighted by Crippen LogP contribution is -2.51. The van der Waals surface area contributed by atoms with Crippen LogP contribution in [0.25, 0.3) is 0 Å². The van der Waals surface area contributed by atoms with Crippen LogP contribution in [-0.4, -0.2) is 134 Å². The summed E-state index contributed by atoms with van der Waals surface area (Å²) in [5.41, 5.74) is 2.10. The number of nitrogens with one attached hydrogen (secondary N) is 3. The Balaban J connectivity index is 0.000000222. The Morgan fingerprint density at radius 3 is 1.46 bits per heavy atom. The van der Waals surface area contributed by atoms with Crippen LogP contribution in [-0.2, 0) is 46.2 Å². The molecule has 22 nitrogen and oxygen atoms in total. The molecule has 1 amide bonds. The molecule has 4 aliphatic heterocycles. The number of aromatic nitrogens is 4. The summed E-state index contributed by atoms with van der Waals surface area (Å²) in [5, 5.41) is 3.64. The molecular formula is C71H92N8O14. The van der Waals surface area contributed by atoms with Gasteiger partial charge in [0.05, 0.1) is 12.2 Å². The third kappa shape index (κ3) is 19.9. The summed E-state index contributed by atoms with van der Waals surface area (Å²) >= 11 is 0. The molecule has 6 heterocycles. The van der Waals surface area contributed by atoms with Crippen LogP contribution in [0.5, 0.6) is 0 Å². The number of aromatic amines is 2. The van der Waals surface area contributed by atoms with E-state index < -0.39 is 89.5 Å². The van der Waals surface area contributed by atoms with E-state index in [0.29, 0.717) is 62.7 Å². The van der Waals surface area contributed by atoms with Gasteiger partial charge in [-0.2, -0.15) is 0 Å². The van der Waals surface area contributed by atoms with Crippen molar-refractivity contribution >= 4 is 18.4 Å². The van der Waals surface area contributed by atoms with Gasteiger partial charge in [0, 0.05) is 94.3 Å². The van der Waals surface area contributed by atoms with Gasteiger partial charge in [-0.15, -0.1) is 0 Å². The predicted octanol–water partition coefficient (Wildman–Crippen LogP) is 10.5. The van der Waals surface area contributed by atoms with Gasteiger partial charge in [0.1, 0.15) is 42.5 Å². The highest BCUT2D eigenvalue weighted by molar-refractivity contribution is 5.68. The fourth-order valence-corrected chi connectivity index (χ4v) is 12.6. The maximum Gasteiger partial charge on any atom is 0.509 e. The van der Waals surface area contributed by atoms with Crippen molar-refractivity contribution in [3.05, 3.63) is 209 Å². The first-order chi connectivity index (χ1) is 44.8. The van der Waals surface area contributed by atoms with Crippen molar-refractivity contribution in [3.8, 4) is 0 Å². The van der Waals surface area contributed by atoms with Gasteiger partial charge in [-0.3, -0.25) is 38.5 Å². The minimum Gasteiger partial charge on any atom is -0.444 e. The van der Waals surface area contributed by atoms with E-state index in [4.69, 9.17) is 33.2 Å². The van der Waals surface area contributed by atoms with Crippen molar-refractivity contribution in [1.82, 2.24) is 39.1 Å². The number of carbonyl (C=O) groups is 3. The van der Waals surface area contributed by atoms with E-state index >= 15 is 0 Å². The second-order valence-electron chi connectivity index (χ2n) is 25.7. The number of amides is 1. The Labute approximate surface area is 543 Å². The van der Waals surface area contributed by atoms with E-state index in [1.54, 1.807) is 13.8 Å². The number of H-pyrrole nitrogens is 2. The van der Waals surface area contributed by atoms with Gasteiger partial charge >= 0.3 is 29.8 Å². The number of rotatable bonds is 22. The quantitative estimate of drug-likeness (QED) is 0.0422. The van der Waals surface area contributed by atoms with Gasteiger partial charge in [-0.25, -0.2) is 24.0 Å². The standard InChI is InChI=1S/C38H50N4O8.C33H42N4O6/c1-6-30-31(21-33(47-30)42-22-26(2)34(43)39-35(42)44)48-37(46)49-32(28-17-11-8-12-18-28)25-40(23-27-15-9-7-10-16-27)24-29-19-13-14-20-41(29)36(45)50-38(3,4)5;1-3-27-28(18-30(41-27)37-19-23(2)31(38)35-32(37)39)42-33(40)43-29(25-14-8-5-9-15-25)22-36(20-24-12-6-4-7-13-24)21-26-16-10-11-17-34-26/h7-12,15-18,22,29-33H,6,13-14,19-21,23-25H2,1-5H3,(H,39,43,44);4-9,12-15,19,26-30,34H,3,10-11,16-18,20-22H2,1-2H3,(H,35,38,39)/t29?,30-,31?,32?,33-;26?,27-,28?,29?,30-/m11/s1. The smallest absolute Gasteiger partial charge is 0.444 e. The van der Waals surface area contributed by atoms with Crippen LogP contribution in [0.1, 0.15) is 157 Å². The number of aryl methyl sites for hydroxylation is 2. The fraction of sp³-hybridized carbons (Fsp3) is 0.507. The summed E-state index contributed by atoms with van der Waals surface area (Å²) < 4.78 is 44.6. The number of likely N-dealkylation sites (tertiary alicyclic amines) is 1. The van der Waals surface area contributed by atoms with Crippen molar-refractivity contribution in [3.63, 3.8) is 0 Å². The predicted molar refractivity (Wildman–Crippen MR) is 350 cm³/mol. The molecule has 500 valence electrons. The zero-order chi connectivity index (χ0) is 66.0. The molecule has 10 atom stereocenters. The summed E-state index contributed by atoms with van der Waals surface area (Å²) in [6, 6.07) is 40.0. The molecule has 4 aromatic carbocycles. The van der Waals surface area contributed by atoms with Gasteiger partial charge in [0.15, 0.2) is 0 Å². The number of ether oxygens (including phenoxy) is 7. The molecule has 6 unspecified atom stereocenters. The van der Waals surface area contributed by atoms with E-state index in [-0.39, 0.29) is 25.0 Å². The Morgan fingerprint density at radius 1 is 0.591 bits per heavy atom. The normalized spacial score (nSPS) is 22.1. The van der Waals surface area contributed by atoms with Crippen LogP contribution >= 0.6 is 0 Å². The second-order valence-corrected chi connectivity index (χ2v) is 25.7. The highest BCUT2D eigenvalue weighted by Gasteiger charge is 2.42. The summed E-state index contributed by atoms with van der Waals surface area (Å²) in [6.07, 6.45) is 4.08. The van der Waals surface area contributed by atoms with Crippen molar-refractivity contribution in [2.24, 2.45) is 0 Å². The van der Waals surface area contributed by atoms with E-state index in [0.717, 1.165) is 62.0 Å². The first-order valence-corrected chi connectivity index (χ1v) is 32.8. The molecule has 93 heavy (non-hydrogen) atoms. The molecule has 0 bridgehead atoms. The summed E-state index contributed by atoms with van der Waals surface area (Å²) in [5.74, 6) is 0. The molecule has 3 N–H and O–H groups in total. The number of hydrogen-bond donors (Lipinski definition) is 3. The summed E-state index contributed by atoms with van der Waals surface area (Å²) in [4.78, 5) is 100. The van der Waals surface area contributed by atoms with E-state index in [2.05, 4.69) is 49.4 Å². The minimum atomic E-state index is -0.843. The Kier molecular flexibility index (Phi) is 24.6. The number of hydrogen-bond acceptors (Lipinski definition) is 17. The van der Waals surface area contributed by atoms with E-state index in [1.165, 1.54) is 39.9 Å². The minimum absolute atomic E-state index is 0.0801. The van der Waals surface area contributed by atoms with Crippen molar-refractivity contribution in [2.45, 2.75) is 193 Å². The highest BCUT2D eigenvalue weighted by atomic mass is 16.7. The third-order valence-corrected chi connectivity index (χ3v) is 17.4. The van der Waals surface area contributed by atoms with Crippen LogP contribution in [0.3, 0.4) is 0 Å². The van der Waals surface area contributed by atoms with Gasteiger partial charge in [-0.1, -0.05) is 142 Å². The molecule has 4 aliphatic rings. The lowest BCUT2D eigenvalue weighted by molar-refractivity contribution is -0.0489. The molecule has 6 aromatic rings. The molecule has 0 radical (unpaired) electrons. The summed E-state index contributed by atoms with van der Waals surface area (Å²) in [6.45, 7) is 17.9. The largest absolute Gasteiger partial charge is 0.509 e. The molecule has 10 rings (SSSR count). The van der Waals surface area contributed by atoms with Crippen molar-refractivity contribution in [2.75, 3.05) is 39.3 Å². The van der Waals surface area contributed by atoms with Crippen LogP contribution in [0, 0.1) is 13.8 Å². The number of piperidine rings is 2. The maximum atomic E-state index is 13.6. The van der Waals surface area contributed by atoms with E-state index in [1.807, 2.05) is 137 Å². The molecule has 4 fully saturated rings. The average molecular weight is 1280 g/mol. The summed E-state index contributed by atoms with van der Waals surface area (Å²) in [7, 11) is 0. The number of carbonyl (C=O) groups excluding carboxylic acids is 3. The zero-order valence-electron chi connectivity index (χ0n) is 54.7. The van der Waals surface area contributed by atoms with Crippen molar-refractivity contribution in [1.29, 1.82) is 0 Å². The van der Waals surface area contributed by atoms with Gasteiger partial charge in [0.2, 0.25) is 0 Å². The lowest BCUT2D eigenvalue weighted by atomic mass is 10.0. The Bertz CT molecular complexity index is 3590. The van der Waals surface area contributed by atoms with Gasteiger partial charge in [0.25, 0.3) is 11.1 Å². The highest BCUT2D eigenvalue weighted by Crippen LogP contribution is 2.35. The third-order valence-electron chi connectivity index (χ3n) is 17.4. The first kappa shape index (κ1) is 69.2. The first-order valence-electron chi connectivity index (χ1n) is 32.8. The van der Waals surface area contributed by atoms with Crippen LogP contribution in [0.2, 0.25) is 0 Å². The molecule has 0 saturated carbocycles. The fourth-order valence-electron chi connectivity index (χ4n) is 12.6.